The van der Waals surface area contributed by atoms with E-state index in [1.807, 2.05) is 0 Å². The normalized spacial score (nSPS) is 11.4. The highest BCUT2D eigenvalue weighted by Gasteiger charge is 2.07. The molecule has 6 nitrogen and oxygen atoms in total. The highest BCUT2D eigenvalue weighted by molar-refractivity contribution is 5.89. The van der Waals surface area contributed by atoms with Crippen LogP contribution >= 0.6 is 0 Å². The Morgan fingerprint density at radius 1 is 1.30 bits per heavy atom. The van der Waals surface area contributed by atoms with E-state index in [-0.39, 0.29) is 5.76 Å². The summed E-state index contributed by atoms with van der Waals surface area (Å²) >= 11 is 0. The first-order valence-electron chi connectivity index (χ1n) is 7.00. The van der Waals surface area contributed by atoms with Gasteiger partial charge in [-0.05, 0) is 18.6 Å². The molecule has 6 heteroatoms. The molecule has 0 unspecified atom stereocenters. The minimum Gasteiger partial charge on any atom is -0.454 e. The van der Waals surface area contributed by atoms with E-state index in [9.17, 15) is 4.79 Å². The Hall–Kier alpha value is -1.98. The van der Waals surface area contributed by atoms with Gasteiger partial charge < -0.3 is 20.8 Å². The van der Waals surface area contributed by atoms with Gasteiger partial charge in [0.25, 0.3) is 5.91 Å². The fourth-order valence-corrected chi connectivity index (χ4v) is 1.76. The Balaban J connectivity index is 2.28. The molecule has 4 N–H and O–H groups in total. The number of hydrogen-bond donors (Lipinski definition) is 3. The van der Waals surface area contributed by atoms with Crippen LogP contribution in [0.3, 0.4) is 0 Å². The van der Waals surface area contributed by atoms with Gasteiger partial charge in [0.1, 0.15) is 5.76 Å². The van der Waals surface area contributed by atoms with E-state index in [0.29, 0.717) is 12.3 Å². The summed E-state index contributed by atoms with van der Waals surface area (Å²) in [5.74, 6) is 0.977. The number of primary amides is 1. The van der Waals surface area contributed by atoms with Gasteiger partial charge >= 0.3 is 0 Å². The van der Waals surface area contributed by atoms with Gasteiger partial charge in [0, 0.05) is 13.6 Å². The molecule has 1 rings (SSSR count). The second kappa shape index (κ2) is 9.01. The molecule has 0 bridgehead atoms. The lowest BCUT2D eigenvalue weighted by atomic mass is 10.2. The molecule has 0 atom stereocenters. The molecule has 0 aliphatic rings. The number of guanidine groups is 1. The third kappa shape index (κ3) is 5.77. The largest absolute Gasteiger partial charge is 0.454 e. The van der Waals surface area contributed by atoms with Crippen molar-refractivity contribution in [2.75, 3.05) is 13.6 Å². The van der Waals surface area contributed by atoms with Crippen LogP contribution in [0.4, 0.5) is 0 Å². The second-order valence-corrected chi connectivity index (χ2v) is 4.54. The van der Waals surface area contributed by atoms with Crippen molar-refractivity contribution in [3.8, 4) is 0 Å². The first kappa shape index (κ1) is 16.1. The Bertz CT molecular complexity index is 440. The number of hydrogen-bond acceptors (Lipinski definition) is 3. The number of rotatable bonds is 8. The molecule has 0 saturated carbocycles. The number of nitrogens with one attached hydrogen (secondary N) is 2. The van der Waals surface area contributed by atoms with Crippen LogP contribution in [0.2, 0.25) is 0 Å². The number of aliphatic imine (C=N–C) groups is 1. The fourth-order valence-electron chi connectivity index (χ4n) is 1.76. The minimum absolute atomic E-state index is 0.171. The maximum atomic E-state index is 10.9. The van der Waals surface area contributed by atoms with Gasteiger partial charge in [-0.15, -0.1) is 0 Å². The van der Waals surface area contributed by atoms with Crippen molar-refractivity contribution >= 4 is 11.9 Å². The van der Waals surface area contributed by atoms with Crippen LogP contribution in [0.25, 0.3) is 0 Å². The molecule has 1 aromatic heterocycles. The smallest absolute Gasteiger partial charge is 0.284 e. The number of unbranched alkanes of at least 4 members (excludes halogenated alkanes) is 3. The van der Waals surface area contributed by atoms with Crippen molar-refractivity contribution in [1.29, 1.82) is 0 Å². The van der Waals surface area contributed by atoms with E-state index in [1.54, 1.807) is 19.2 Å². The van der Waals surface area contributed by atoms with Crippen molar-refractivity contribution < 1.29 is 9.21 Å². The summed E-state index contributed by atoms with van der Waals surface area (Å²) in [4.78, 5) is 15.0. The zero-order chi connectivity index (χ0) is 14.8. The Kier molecular flexibility index (Phi) is 7.24. The topological polar surface area (TPSA) is 92.6 Å². The van der Waals surface area contributed by atoms with Crippen LogP contribution in [-0.2, 0) is 6.54 Å². The predicted molar refractivity (Wildman–Crippen MR) is 79.6 cm³/mol. The molecule has 0 aliphatic heterocycles. The minimum atomic E-state index is -0.560. The average Bonchev–Trinajstić information content (AvgIpc) is 2.91. The van der Waals surface area contributed by atoms with E-state index in [0.717, 1.165) is 18.9 Å². The number of carbonyl (C=O) groups is 1. The van der Waals surface area contributed by atoms with Crippen LogP contribution in [0.1, 0.15) is 48.9 Å². The Morgan fingerprint density at radius 3 is 2.70 bits per heavy atom. The molecule has 1 amide bonds. The molecule has 0 fully saturated rings. The van der Waals surface area contributed by atoms with Crippen LogP contribution in [-0.4, -0.2) is 25.5 Å². The lowest BCUT2D eigenvalue weighted by Crippen LogP contribution is -2.37. The van der Waals surface area contributed by atoms with Crippen molar-refractivity contribution in [2.24, 2.45) is 10.7 Å². The molecule has 0 aliphatic carbocycles. The van der Waals surface area contributed by atoms with Gasteiger partial charge in [-0.3, -0.25) is 9.79 Å². The van der Waals surface area contributed by atoms with Crippen LogP contribution in [0.5, 0.6) is 0 Å². The van der Waals surface area contributed by atoms with Gasteiger partial charge in [0.15, 0.2) is 11.7 Å². The molecular weight excluding hydrogens is 256 g/mol. The van der Waals surface area contributed by atoms with Crippen LogP contribution in [0.15, 0.2) is 21.5 Å². The monoisotopic (exact) mass is 280 g/mol. The van der Waals surface area contributed by atoms with E-state index in [4.69, 9.17) is 10.2 Å². The summed E-state index contributed by atoms with van der Waals surface area (Å²) in [6.45, 7) is 3.55. The standard InChI is InChI=1S/C14H24N4O2/c1-3-4-5-6-9-17-14(16-2)18-10-11-7-8-12(20-11)13(15)19/h7-8H,3-6,9-10H2,1-2H3,(H2,15,19)(H2,16,17,18). The van der Waals surface area contributed by atoms with Gasteiger partial charge in [0.2, 0.25) is 0 Å². The molecule has 1 aromatic rings. The maximum absolute atomic E-state index is 10.9. The van der Waals surface area contributed by atoms with Crippen LogP contribution < -0.4 is 16.4 Å². The summed E-state index contributed by atoms with van der Waals surface area (Å²) in [5.41, 5.74) is 5.13. The van der Waals surface area contributed by atoms with E-state index < -0.39 is 5.91 Å². The summed E-state index contributed by atoms with van der Waals surface area (Å²) in [6, 6.07) is 3.29. The number of nitrogens with zero attached hydrogens (tertiary/aromatic N) is 1. The number of furan rings is 1. The van der Waals surface area contributed by atoms with Gasteiger partial charge in [0.05, 0.1) is 6.54 Å². The highest BCUT2D eigenvalue weighted by atomic mass is 16.3. The van der Waals surface area contributed by atoms with Crippen molar-refractivity contribution in [2.45, 2.75) is 39.2 Å². The summed E-state index contributed by atoms with van der Waals surface area (Å²) in [7, 11) is 1.72. The maximum Gasteiger partial charge on any atom is 0.284 e. The first-order chi connectivity index (χ1) is 9.67. The SMILES string of the molecule is CCCCCCNC(=NC)NCc1ccc(C(N)=O)o1. The molecule has 20 heavy (non-hydrogen) atoms. The lowest BCUT2D eigenvalue weighted by Gasteiger charge is -2.10. The van der Waals surface area contributed by atoms with Gasteiger partial charge in [-0.25, -0.2) is 0 Å². The van der Waals surface area contributed by atoms with E-state index >= 15 is 0 Å². The van der Waals surface area contributed by atoms with Crippen molar-refractivity contribution in [1.82, 2.24) is 10.6 Å². The molecular formula is C14H24N4O2. The fraction of sp³-hybridized carbons (Fsp3) is 0.571. The quantitative estimate of drug-likeness (QED) is 0.383. The Labute approximate surface area is 119 Å². The second-order valence-electron chi connectivity index (χ2n) is 4.54. The lowest BCUT2D eigenvalue weighted by molar-refractivity contribution is 0.0972. The molecule has 1 heterocycles. The van der Waals surface area contributed by atoms with E-state index in [1.165, 1.54) is 19.3 Å². The molecule has 112 valence electrons. The zero-order valence-corrected chi connectivity index (χ0v) is 12.2. The highest BCUT2D eigenvalue weighted by Crippen LogP contribution is 2.06. The zero-order valence-electron chi connectivity index (χ0n) is 12.2. The summed E-state index contributed by atoms with van der Waals surface area (Å²) in [5, 5.41) is 6.36. The molecule has 0 radical (unpaired) electrons. The first-order valence-corrected chi connectivity index (χ1v) is 7.00. The average molecular weight is 280 g/mol. The summed E-state index contributed by atoms with van der Waals surface area (Å²) < 4.78 is 5.28. The predicted octanol–water partition coefficient (Wildman–Crippen LogP) is 1.62. The van der Waals surface area contributed by atoms with Crippen molar-refractivity contribution in [3.63, 3.8) is 0 Å². The van der Waals surface area contributed by atoms with Crippen molar-refractivity contribution in [3.05, 3.63) is 23.7 Å². The molecule has 0 spiro atoms. The third-order valence-corrected chi connectivity index (χ3v) is 2.88. The third-order valence-electron chi connectivity index (χ3n) is 2.88. The Morgan fingerprint density at radius 2 is 2.10 bits per heavy atom. The van der Waals surface area contributed by atoms with Crippen LogP contribution in [0, 0.1) is 0 Å². The molecule has 0 saturated heterocycles. The van der Waals surface area contributed by atoms with Gasteiger partial charge in [-0.2, -0.15) is 0 Å². The van der Waals surface area contributed by atoms with E-state index in [2.05, 4.69) is 22.5 Å². The number of carbonyl (C=O) groups excluding carboxylic acids is 1. The number of amides is 1. The van der Waals surface area contributed by atoms with Gasteiger partial charge in [-0.1, -0.05) is 26.2 Å². The molecule has 0 aromatic carbocycles. The number of nitrogens with two attached hydrogens (primary N) is 1. The summed E-state index contributed by atoms with van der Waals surface area (Å²) in [6.07, 6.45) is 4.84.